The molecule has 2 aromatic rings. The molecule has 4 heteroatoms. The summed E-state index contributed by atoms with van der Waals surface area (Å²) in [6.07, 6.45) is 1.17. The average molecular weight is 266 g/mol. The summed E-state index contributed by atoms with van der Waals surface area (Å²) in [5.41, 5.74) is 0.392. The molecule has 1 nitrogen and oxygen atoms in total. The predicted octanol–water partition coefficient (Wildman–Crippen LogP) is 3.77. The lowest BCUT2D eigenvalue weighted by Gasteiger charge is -2.01. The average Bonchev–Trinajstić information content (AvgIpc) is 2.77. The van der Waals surface area contributed by atoms with Gasteiger partial charge in [0.2, 0.25) is 0 Å². The molecule has 1 aromatic carbocycles. The van der Waals surface area contributed by atoms with Gasteiger partial charge in [-0.15, -0.1) is 11.3 Å². The second kappa shape index (κ2) is 5.87. The Morgan fingerprint density at radius 1 is 1.17 bits per heavy atom. The zero-order valence-corrected chi connectivity index (χ0v) is 10.5. The van der Waals surface area contributed by atoms with Crippen LogP contribution in [0.4, 0.5) is 8.78 Å². The molecule has 0 radical (unpaired) electrons. The van der Waals surface area contributed by atoms with Gasteiger partial charge in [0.25, 0.3) is 0 Å². The van der Waals surface area contributed by atoms with Crippen molar-refractivity contribution >= 4 is 17.1 Å². The number of thiophene rings is 1. The standard InChI is InChI=1S/C14H12F2OS/c15-11-6-10(7-12(16)9-11)8-13(17)3-4-14-2-1-5-18-14/h1-2,5-7,9H,3-4,8H2. The molecule has 0 saturated carbocycles. The minimum atomic E-state index is -0.643. The van der Waals surface area contributed by atoms with Gasteiger partial charge in [0, 0.05) is 23.8 Å². The van der Waals surface area contributed by atoms with Crippen LogP contribution in [-0.4, -0.2) is 5.78 Å². The fourth-order valence-electron chi connectivity index (χ4n) is 1.75. The molecule has 2 rings (SSSR count). The van der Waals surface area contributed by atoms with E-state index in [1.165, 1.54) is 12.1 Å². The third-order valence-electron chi connectivity index (χ3n) is 2.55. The van der Waals surface area contributed by atoms with E-state index in [2.05, 4.69) is 0 Å². The van der Waals surface area contributed by atoms with Gasteiger partial charge in [-0.3, -0.25) is 4.79 Å². The number of halogens is 2. The van der Waals surface area contributed by atoms with Crippen LogP contribution in [-0.2, 0) is 17.6 Å². The molecule has 0 fully saturated rings. The SMILES string of the molecule is O=C(CCc1cccs1)Cc1cc(F)cc(F)c1. The zero-order chi connectivity index (χ0) is 13.0. The lowest BCUT2D eigenvalue weighted by atomic mass is 10.1. The second-order valence-electron chi connectivity index (χ2n) is 4.07. The van der Waals surface area contributed by atoms with Crippen molar-refractivity contribution in [1.29, 1.82) is 0 Å². The van der Waals surface area contributed by atoms with Gasteiger partial charge in [-0.1, -0.05) is 6.07 Å². The maximum absolute atomic E-state index is 12.9. The van der Waals surface area contributed by atoms with Crippen LogP contribution in [0, 0.1) is 11.6 Å². The van der Waals surface area contributed by atoms with Crippen molar-refractivity contribution < 1.29 is 13.6 Å². The van der Waals surface area contributed by atoms with Crippen molar-refractivity contribution in [3.05, 3.63) is 57.8 Å². The molecular weight excluding hydrogens is 254 g/mol. The van der Waals surface area contributed by atoms with Crippen LogP contribution < -0.4 is 0 Å². The minimum absolute atomic E-state index is 0.00611. The molecule has 0 saturated heterocycles. The van der Waals surface area contributed by atoms with Crippen LogP contribution in [0.3, 0.4) is 0 Å². The minimum Gasteiger partial charge on any atom is -0.299 e. The first kappa shape index (κ1) is 12.9. The maximum Gasteiger partial charge on any atom is 0.137 e. The lowest BCUT2D eigenvalue weighted by Crippen LogP contribution is -2.04. The Bertz CT molecular complexity index is 514. The fraction of sp³-hybridized carbons (Fsp3) is 0.214. The Labute approximate surface area is 108 Å². The summed E-state index contributed by atoms with van der Waals surface area (Å²) in [5.74, 6) is -1.29. The van der Waals surface area contributed by atoms with Gasteiger partial charge in [0.15, 0.2) is 0 Å². The molecule has 0 spiro atoms. The predicted molar refractivity (Wildman–Crippen MR) is 67.7 cm³/mol. The highest BCUT2D eigenvalue weighted by atomic mass is 32.1. The van der Waals surface area contributed by atoms with Gasteiger partial charge >= 0.3 is 0 Å². The number of Topliss-reactive ketones (excluding diaryl/α,β-unsaturated/α-hetero) is 1. The second-order valence-corrected chi connectivity index (χ2v) is 5.10. The Kier molecular flexibility index (Phi) is 4.20. The molecule has 94 valence electrons. The Morgan fingerprint density at radius 3 is 2.50 bits per heavy atom. The van der Waals surface area contributed by atoms with E-state index in [0.29, 0.717) is 18.4 Å². The first-order valence-electron chi connectivity index (χ1n) is 5.62. The summed E-state index contributed by atoms with van der Waals surface area (Å²) in [6.45, 7) is 0. The van der Waals surface area contributed by atoms with E-state index in [-0.39, 0.29) is 12.2 Å². The fourth-order valence-corrected chi connectivity index (χ4v) is 2.46. The summed E-state index contributed by atoms with van der Waals surface area (Å²) in [5, 5.41) is 1.96. The van der Waals surface area contributed by atoms with Gasteiger partial charge in [-0.05, 0) is 35.6 Å². The number of carbonyl (C=O) groups is 1. The number of rotatable bonds is 5. The quantitative estimate of drug-likeness (QED) is 0.805. The third-order valence-corrected chi connectivity index (χ3v) is 3.49. The first-order valence-corrected chi connectivity index (χ1v) is 6.50. The highest BCUT2D eigenvalue weighted by Crippen LogP contribution is 2.13. The number of benzene rings is 1. The molecule has 0 N–H and O–H groups in total. The Hall–Kier alpha value is -1.55. The number of carbonyl (C=O) groups excluding carboxylic acids is 1. The van der Waals surface area contributed by atoms with Crippen LogP contribution in [0.15, 0.2) is 35.7 Å². The highest BCUT2D eigenvalue weighted by molar-refractivity contribution is 7.09. The van der Waals surface area contributed by atoms with E-state index in [4.69, 9.17) is 0 Å². The summed E-state index contributed by atoms with van der Waals surface area (Å²) >= 11 is 1.60. The molecular formula is C14H12F2OS. The Balaban J connectivity index is 1.90. The van der Waals surface area contributed by atoms with E-state index < -0.39 is 11.6 Å². The van der Waals surface area contributed by atoms with E-state index in [0.717, 1.165) is 10.9 Å². The lowest BCUT2D eigenvalue weighted by molar-refractivity contribution is -0.118. The van der Waals surface area contributed by atoms with Crippen LogP contribution in [0.1, 0.15) is 16.9 Å². The number of aryl methyl sites for hydroxylation is 1. The number of hydrogen-bond acceptors (Lipinski definition) is 2. The van der Waals surface area contributed by atoms with Gasteiger partial charge in [-0.25, -0.2) is 8.78 Å². The van der Waals surface area contributed by atoms with Gasteiger partial charge in [0.1, 0.15) is 17.4 Å². The van der Waals surface area contributed by atoms with Gasteiger partial charge in [-0.2, -0.15) is 0 Å². The molecule has 0 aliphatic rings. The van der Waals surface area contributed by atoms with Crippen molar-refractivity contribution in [2.24, 2.45) is 0 Å². The van der Waals surface area contributed by atoms with Gasteiger partial charge in [0.05, 0.1) is 0 Å². The third kappa shape index (κ3) is 3.74. The molecule has 1 heterocycles. The van der Waals surface area contributed by atoms with E-state index in [1.807, 2.05) is 17.5 Å². The van der Waals surface area contributed by atoms with Crippen LogP contribution in [0.2, 0.25) is 0 Å². The van der Waals surface area contributed by atoms with Crippen LogP contribution in [0.25, 0.3) is 0 Å². The van der Waals surface area contributed by atoms with E-state index in [1.54, 1.807) is 11.3 Å². The smallest absolute Gasteiger partial charge is 0.137 e. The summed E-state index contributed by atoms with van der Waals surface area (Å²) < 4.78 is 25.9. The molecule has 1 aromatic heterocycles. The normalized spacial score (nSPS) is 10.6. The molecule has 0 bridgehead atoms. The van der Waals surface area contributed by atoms with Gasteiger partial charge < -0.3 is 0 Å². The van der Waals surface area contributed by atoms with E-state index in [9.17, 15) is 13.6 Å². The molecule has 0 aliphatic heterocycles. The van der Waals surface area contributed by atoms with Crippen LogP contribution in [0.5, 0.6) is 0 Å². The molecule has 18 heavy (non-hydrogen) atoms. The maximum atomic E-state index is 12.9. The van der Waals surface area contributed by atoms with Crippen molar-refractivity contribution in [3.63, 3.8) is 0 Å². The molecule has 0 amide bonds. The molecule has 0 aliphatic carbocycles. The highest BCUT2D eigenvalue weighted by Gasteiger charge is 2.07. The zero-order valence-electron chi connectivity index (χ0n) is 9.66. The van der Waals surface area contributed by atoms with E-state index >= 15 is 0 Å². The van der Waals surface area contributed by atoms with Crippen molar-refractivity contribution in [2.75, 3.05) is 0 Å². The monoisotopic (exact) mass is 266 g/mol. The topological polar surface area (TPSA) is 17.1 Å². The van der Waals surface area contributed by atoms with Crippen LogP contribution >= 0.6 is 11.3 Å². The summed E-state index contributed by atoms with van der Waals surface area (Å²) in [4.78, 5) is 12.8. The first-order chi connectivity index (χ1) is 8.63. The summed E-state index contributed by atoms with van der Waals surface area (Å²) in [6, 6.07) is 7.12. The van der Waals surface area contributed by atoms with Crippen molar-refractivity contribution in [3.8, 4) is 0 Å². The summed E-state index contributed by atoms with van der Waals surface area (Å²) in [7, 11) is 0. The number of ketones is 1. The largest absolute Gasteiger partial charge is 0.299 e. The molecule has 0 atom stereocenters. The Morgan fingerprint density at radius 2 is 1.89 bits per heavy atom. The van der Waals surface area contributed by atoms with Crippen molar-refractivity contribution in [1.82, 2.24) is 0 Å². The number of hydrogen-bond donors (Lipinski definition) is 0. The van der Waals surface area contributed by atoms with Crippen molar-refractivity contribution in [2.45, 2.75) is 19.3 Å². The molecule has 0 unspecified atom stereocenters.